The molecular weight excluding hydrogens is 264 g/mol. The fourth-order valence-corrected chi connectivity index (χ4v) is 3.08. The molecule has 2 aromatic rings. The number of amides is 1. The van der Waals surface area contributed by atoms with Crippen LogP contribution in [0, 0.1) is 0 Å². The molecule has 2 aromatic heterocycles. The first-order valence-corrected chi connectivity index (χ1v) is 6.90. The van der Waals surface area contributed by atoms with E-state index in [-0.39, 0.29) is 17.2 Å². The van der Waals surface area contributed by atoms with E-state index in [1.54, 1.807) is 0 Å². The molecule has 2 N–H and O–H groups in total. The van der Waals surface area contributed by atoms with Crippen LogP contribution in [0.5, 0.6) is 0 Å². The van der Waals surface area contributed by atoms with Crippen LogP contribution in [0.2, 0.25) is 0 Å². The lowest BCUT2D eigenvalue weighted by Crippen LogP contribution is -2.17. The Bertz CT molecular complexity index is 633. The average molecular weight is 276 g/mol. The lowest BCUT2D eigenvalue weighted by molar-refractivity contribution is 0.102. The molecule has 1 aliphatic rings. The SMILES string of the molecule is O=C(Nc1nc2c(s1)CCCC2)c1ccc(=O)[nH]n1. The van der Waals surface area contributed by atoms with E-state index >= 15 is 0 Å². The van der Waals surface area contributed by atoms with Crippen LogP contribution in [0.1, 0.15) is 33.9 Å². The van der Waals surface area contributed by atoms with Gasteiger partial charge in [0.05, 0.1) is 5.69 Å². The van der Waals surface area contributed by atoms with Crippen molar-refractivity contribution < 1.29 is 4.79 Å². The van der Waals surface area contributed by atoms with Crippen LogP contribution in [0.25, 0.3) is 0 Å². The predicted molar refractivity (Wildman–Crippen MR) is 71.6 cm³/mol. The number of aromatic nitrogens is 3. The number of H-pyrrole nitrogens is 1. The zero-order chi connectivity index (χ0) is 13.2. The molecule has 2 heterocycles. The minimum Gasteiger partial charge on any atom is -0.296 e. The van der Waals surface area contributed by atoms with Gasteiger partial charge in [0.2, 0.25) is 0 Å². The zero-order valence-electron chi connectivity index (χ0n) is 10.1. The van der Waals surface area contributed by atoms with E-state index in [1.165, 1.54) is 34.8 Å². The Morgan fingerprint density at radius 3 is 2.89 bits per heavy atom. The van der Waals surface area contributed by atoms with E-state index in [1.807, 2.05) is 0 Å². The molecule has 0 fully saturated rings. The highest BCUT2D eigenvalue weighted by Crippen LogP contribution is 2.29. The molecule has 0 aromatic carbocycles. The van der Waals surface area contributed by atoms with E-state index in [2.05, 4.69) is 20.5 Å². The summed E-state index contributed by atoms with van der Waals surface area (Å²) < 4.78 is 0. The number of nitrogens with zero attached hydrogens (tertiary/aromatic N) is 2. The summed E-state index contributed by atoms with van der Waals surface area (Å²) in [6.45, 7) is 0. The zero-order valence-corrected chi connectivity index (χ0v) is 10.9. The summed E-state index contributed by atoms with van der Waals surface area (Å²) >= 11 is 1.52. The second kappa shape index (κ2) is 4.93. The topological polar surface area (TPSA) is 87.7 Å². The Morgan fingerprint density at radius 1 is 1.32 bits per heavy atom. The van der Waals surface area contributed by atoms with E-state index in [0.717, 1.165) is 25.0 Å². The second-order valence-corrected chi connectivity index (χ2v) is 5.44. The van der Waals surface area contributed by atoms with Crippen molar-refractivity contribution in [2.75, 3.05) is 5.32 Å². The molecule has 7 heteroatoms. The first-order chi connectivity index (χ1) is 9.22. The lowest BCUT2D eigenvalue weighted by atomic mass is 10.0. The molecule has 0 spiro atoms. The summed E-state index contributed by atoms with van der Waals surface area (Å²) in [5.41, 5.74) is 0.940. The van der Waals surface area contributed by atoms with Gasteiger partial charge in [-0.05, 0) is 31.7 Å². The van der Waals surface area contributed by atoms with Gasteiger partial charge < -0.3 is 0 Å². The largest absolute Gasteiger partial charge is 0.296 e. The van der Waals surface area contributed by atoms with Gasteiger partial charge in [-0.3, -0.25) is 14.9 Å². The van der Waals surface area contributed by atoms with Gasteiger partial charge in [0.25, 0.3) is 11.5 Å². The summed E-state index contributed by atoms with van der Waals surface area (Å²) in [5.74, 6) is -0.359. The number of hydrogen-bond donors (Lipinski definition) is 2. The second-order valence-electron chi connectivity index (χ2n) is 4.36. The minimum absolute atomic E-state index is 0.174. The molecule has 3 rings (SSSR count). The Kier molecular flexibility index (Phi) is 3.12. The molecule has 1 amide bonds. The maximum atomic E-state index is 11.9. The van der Waals surface area contributed by atoms with Crippen LogP contribution in [0.15, 0.2) is 16.9 Å². The normalized spacial score (nSPS) is 13.9. The first-order valence-electron chi connectivity index (χ1n) is 6.08. The summed E-state index contributed by atoms with van der Waals surface area (Å²) in [6.07, 6.45) is 4.37. The van der Waals surface area contributed by atoms with Crippen molar-refractivity contribution >= 4 is 22.4 Å². The van der Waals surface area contributed by atoms with Gasteiger partial charge in [-0.1, -0.05) is 0 Å². The molecule has 0 radical (unpaired) electrons. The highest BCUT2D eigenvalue weighted by atomic mass is 32.1. The van der Waals surface area contributed by atoms with Crippen molar-refractivity contribution in [2.24, 2.45) is 0 Å². The molecule has 0 saturated carbocycles. The molecule has 0 bridgehead atoms. The third kappa shape index (κ3) is 2.55. The molecule has 0 atom stereocenters. The van der Waals surface area contributed by atoms with Gasteiger partial charge in [0.15, 0.2) is 5.13 Å². The molecule has 98 valence electrons. The van der Waals surface area contributed by atoms with Crippen LogP contribution in [-0.2, 0) is 12.8 Å². The molecule has 0 saturated heterocycles. The number of carbonyl (C=O) groups excluding carboxylic acids is 1. The van der Waals surface area contributed by atoms with E-state index in [0.29, 0.717) is 5.13 Å². The fraction of sp³-hybridized carbons (Fsp3) is 0.333. The quantitative estimate of drug-likeness (QED) is 0.867. The highest BCUT2D eigenvalue weighted by Gasteiger charge is 2.17. The number of hydrogen-bond acceptors (Lipinski definition) is 5. The summed E-state index contributed by atoms with van der Waals surface area (Å²) in [4.78, 5) is 28.5. The number of aryl methyl sites for hydroxylation is 2. The molecule has 0 aliphatic heterocycles. The number of rotatable bonds is 2. The third-order valence-electron chi connectivity index (χ3n) is 2.98. The number of fused-ring (bicyclic) bond motifs is 1. The fourth-order valence-electron chi connectivity index (χ4n) is 2.04. The van der Waals surface area contributed by atoms with Gasteiger partial charge in [0, 0.05) is 10.9 Å². The van der Waals surface area contributed by atoms with Crippen molar-refractivity contribution in [1.82, 2.24) is 15.2 Å². The Hall–Kier alpha value is -2.02. The Balaban J connectivity index is 1.77. The average Bonchev–Trinajstić information content (AvgIpc) is 2.81. The first kappa shape index (κ1) is 12.0. The van der Waals surface area contributed by atoms with Gasteiger partial charge >= 0.3 is 0 Å². The summed E-state index contributed by atoms with van der Waals surface area (Å²) in [6, 6.07) is 2.66. The molecule has 1 aliphatic carbocycles. The number of anilines is 1. The van der Waals surface area contributed by atoms with Gasteiger partial charge in [-0.15, -0.1) is 11.3 Å². The van der Waals surface area contributed by atoms with Gasteiger partial charge in [-0.2, -0.15) is 5.10 Å². The van der Waals surface area contributed by atoms with Crippen LogP contribution in [0.4, 0.5) is 5.13 Å². The van der Waals surface area contributed by atoms with Gasteiger partial charge in [0.1, 0.15) is 5.69 Å². The summed E-state index contributed by atoms with van der Waals surface area (Å²) in [7, 11) is 0. The standard InChI is InChI=1S/C12H12N4O2S/c17-10-6-5-8(15-16-10)11(18)14-12-13-7-3-1-2-4-9(7)19-12/h5-6H,1-4H2,(H,16,17)(H,13,14,18). The van der Waals surface area contributed by atoms with Crippen molar-refractivity contribution in [3.63, 3.8) is 0 Å². The molecule has 6 nitrogen and oxygen atoms in total. The summed E-state index contributed by atoms with van der Waals surface area (Å²) in [5, 5.41) is 9.24. The van der Waals surface area contributed by atoms with Crippen molar-refractivity contribution in [3.8, 4) is 0 Å². The van der Waals surface area contributed by atoms with Crippen LogP contribution in [0.3, 0.4) is 0 Å². The Morgan fingerprint density at radius 2 is 2.16 bits per heavy atom. The van der Waals surface area contributed by atoms with E-state index < -0.39 is 0 Å². The van der Waals surface area contributed by atoms with Crippen molar-refractivity contribution in [2.45, 2.75) is 25.7 Å². The van der Waals surface area contributed by atoms with E-state index in [9.17, 15) is 9.59 Å². The van der Waals surface area contributed by atoms with Crippen LogP contribution in [-0.4, -0.2) is 21.1 Å². The number of thiazole rings is 1. The number of nitrogens with one attached hydrogen (secondary N) is 2. The smallest absolute Gasteiger partial charge is 0.277 e. The van der Waals surface area contributed by atoms with Crippen molar-refractivity contribution in [3.05, 3.63) is 38.8 Å². The number of carbonyl (C=O) groups is 1. The van der Waals surface area contributed by atoms with Crippen molar-refractivity contribution in [1.29, 1.82) is 0 Å². The number of aromatic amines is 1. The van der Waals surface area contributed by atoms with Gasteiger partial charge in [-0.25, -0.2) is 10.1 Å². The van der Waals surface area contributed by atoms with Crippen LogP contribution >= 0.6 is 11.3 Å². The lowest BCUT2D eigenvalue weighted by Gasteiger charge is -2.06. The maximum Gasteiger partial charge on any atom is 0.277 e. The predicted octanol–water partition coefficient (Wildman–Crippen LogP) is 1.36. The molecular formula is C12H12N4O2S. The van der Waals surface area contributed by atoms with E-state index in [4.69, 9.17) is 0 Å². The monoisotopic (exact) mass is 276 g/mol. The molecule has 19 heavy (non-hydrogen) atoms. The minimum atomic E-state index is -0.359. The molecule has 0 unspecified atom stereocenters. The third-order valence-corrected chi connectivity index (χ3v) is 4.05. The maximum absolute atomic E-state index is 11.9. The Labute approximate surface area is 112 Å². The highest BCUT2D eigenvalue weighted by molar-refractivity contribution is 7.15. The van der Waals surface area contributed by atoms with Crippen LogP contribution < -0.4 is 10.9 Å².